The van der Waals surface area contributed by atoms with Crippen LogP contribution in [0.3, 0.4) is 0 Å². The predicted molar refractivity (Wildman–Crippen MR) is 92.7 cm³/mol. The minimum absolute atomic E-state index is 0.0873. The number of amides is 1. The number of anilines is 1. The number of carbonyl (C=O) groups is 2. The van der Waals surface area contributed by atoms with Gasteiger partial charge in [-0.3, -0.25) is 9.59 Å². The number of carboxylic acids is 1. The fraction of sp³-hybridized carbons (Fsp3) is 0.263. The maximum absolute atomic E-state index is 12.3. The summed E-state index contributed by atoms with van der Waals surface area (Å²) in [4.78, 5) is 22.7. The Balaban J connectivity index is 1.91. The SMILES string of the molecule is Cc1ccc(C(=O)Nc2ccc(OCCCC(=O)O)cc2)c(C)c1. The van der Waals surface area contributed by atoms with Crippen molar-refractivity contribution in [3.05, 3.63) is 59.2 Å². The Bertz CT molecular complexity index is 723. The quantitative estimate of drug-likeness (QED) is 0.759. The van der Waals surface area contributed by atoms with Gasteiger partial charge in [0.25, 0.3) is 5.91 Å². The van der Waals surface area contributed by atoms with Gasteiger partial charge in [-0.05, 0) is 56.2 Å². The van der Waals surface area contributed by atoms with E-state index in [4.69, 9.17) is 9.84 Å². The highest BCUT2D eigenvalue weighted by Crippen LogP contribution is 2.18. The van der Waals surface area contributed by atoms with Crippen molar-refractivity contribution in [2.24, 2.45) is 0 Å². The Morgan fingerprint density at radius 3 is 2.42 bits per heavy atom. The Morgan fingerprint density at radius 1 is 1.08 bits per heavy atom. The second-order valence-electron chi connectivity index (χ2n) is 5.64. The van der Waals surface area contributed by atoms with Gasteiger partial charge in [0.15, 0.2) is 0 Å². The second kappa shape index (κ2) is 8.15. The maximum atomic E-state index is 12.3. The number of ether oxygens (including phenoxy) is 1. The summed E-state index contributed by atoms with van der Waals surface area (Å²) in [6, 6.07) is 12.7. The van der Waals surface area contributed by atoms with Gasteiger partial charge in [0, 0.05) is 17.7 Å². The molecule has 1 amide bonds. The molecule has 0 bridgehead atoms. The van der Waals surface area contributed by atoms with Crippen LogP contribution in [-0.2, 0) is 4.79 Å². The summed E-state index contributed by atoms with van der Waals surface area (Å²) < 4.78 is 5.46. The van der Waals surface area contributed by atoms with Crippen LogP contribution in [-0.4, -0.2) is 23.6 Å². The van der Waals surface area contributed by atoms with E-state index in [9.17, 15) is 9.59 Å². The van der Waals surface area contributed by atoms with E-state index in [1.165, 1.54) is 0 Å². The van der Waals surface area contributed by atoms with E-state index in [-0.39, 0.29) is 12.3 Å². The van der Waals surface area contributed by atoms with Gasteiger partial charge in [-0.15, -0.1) is 0 Å². The fourth-order valence-electron chi connectivity index (χ4n) is 2.31. The molecule has 2 N–H and O–H groups in total. The van der Waals surface area contributed by atoms with Gasteiger partial charge >= 0.3 is 5.97 Å². The van der Waals surface area contributed by atoms with Crippen LogP contribution in [0.5, 0.6) is 5.75 Å². The second-order valence-corrected chi connectivity index (χ2v) is 5.64. The number of carboxylic acid groups (broad SMARTS) is 1. The fourth-order valence-corrected chi connectivity index (χ4v) is 2.31. The van der Waals surface area contributed by atoms with Gasteiger partial charge < -0.3 is 15.2 Å². The summed E-state index contributed by atoms with van der Waals surface area (Å²) in [6.07, 6.45) is 0.546. The van der Waals surface area contributed by atoms with E-state index >= 15 is 0 Å². The molecule has 0 aliphatic heterocycles. The summed E-state index contributed by atoms with van der Waals surface area (Å²) in [6.45, 7) is 4.25. The molecule has 5 nitrogen and oxygen atoms in total. The lowest BCUT2D eigenvalue weighted by molar-refractivity contribution is -0.137. The Labute approximate surface area is 141 Å². The number of hydrogen-bond acceptors (Lipinski definition) is 3. The molecule has 0 radical (unpaired) electrons. The molecular formula is C19H21NO4. The molecule has 2 rings (SSSR count). The summed E-state index contributed by atoms with van der Waals surface area (Å²) in [5.74, 6) is -0.337. The average molecular weight is 327 g/mol. The van der Waals surface area contributed by atoms with Crippen molar-refractivity contribution in [1.82, 2.24) is 0 Å². The highest BCUT2D eigenvalue weighted by Gasteiger charge is 2.09. The van der Waals surface area contributed by atoms with Crippen molar-refractivity contribution >= 4 is 17.6 Å². The molecular weight excluding hydrogens is 306 g/mol. The average Bonchev–Trinajstić information content (AvgIpc) is 2.52. The van der Waals surface area contributed by atoms with Crippen LogP contribution < -0.4 is 10.1 Å². The molecule has 0 aliphatic rings. The molecule has 0 atom stereocenters. The van der Waals surface area contributed by atoms with Crippen molar-refractivity contribution < 1.29 is 19.4 Å². The zero-order valence-corrected chi connectivity index (χ0v) is 13.8. The Morgan fingerprint density at radius 2 is 1.79 bits per heavy atom. The molecule has 0 spiro atoms. The molecule has 0 fully saturated rings. The minimum atomic E-state index is -0.831. The first-order chi connectivity index (χ1) is 11.5. The van der Waals surface area contributed by atoms with E-state index in [0.717, 1.165) is 11.1 Å². The molecule has 2 aromatic rings. The van der Waals surface area contributed by atoms with Crippen LogP contribution in [0.25, 0.3) is 0 Å². The lowest BCUT2D eigenvalue weighted by atomic mass is 10.1. The van der Waals surface area contributed by atoms with Gasteiger partial charge in [0.05, 0.1) is 6.61 Å². The minimum Gasteiger partial charge on any atom is -0.494 e. The van der Waals surface area contributed by atoms with E-state index in [0.29, 0.717) is 30.0 Å². The first kappa shape index (κ1) is 17.5. The Kier molecular flexibility index (Phi) is 5.95. The number of carbonyl (C=O) groups excluding carboxylic acids is 1. The van der Waals surface area contributed by atoms with Gasteiger partial charge in [-0.1, -0.05) is 17.7 Å². The van der Waals surface area contributed by atoms with Crippen molar-refractivity contribution in [3.8, 4) is 5.75 Å². The summed E-state index contributed by atoms with van der Waals surface area (Å²) in [7, 11) is 0. The molecule has 5 heteroatoms. The van der Waals surface area contributed by atoms with Gasteiger partial charge in [0.1, 0.15) is 5.75 Å². The molecule has 0 aromatic heterocycles. The van der Waals surface area contributed by atoms with E-state index in [1.54, 1.807) is 24.3 Å². The number of hydrogen-bond donors (Lipinski definition) is 2. The van der Waals surface area contributed by atoms with Gasteiger partial charge in [0.2, 0.25) is 0 Å². The third kappa shape index (κ3) is 5.12. The van der Waals surface area contributed by atoms with Crippen LogP contribution in [0.1, 0.15) is 34.3 Å². The molecule has 24 heavy (non-hydrogen) atoms. The summed E-state index contributed by atoms with van der Waals surface area (Å²) in [5, 5.41) is 11.4. The normalized spacial score (nSPS) is 10.2. The molecule has 0 aliphatic carbocycles. The lowest BCUT2D eigenvalue weighted by Gasteiger charge is -2.10. The largest absolute Gasteiger partial charge is 0.494 e. The topological polar surface area (TPSA) is 75.6 Å². The first-order valence-electron chi connectivity index (χ1n) is 7.79. The van der Waals surface area contributed by atoms with Gasteiger partial charge in [-0.2, -0.15) is 0 Å². The number of nitrogens with one attached hydrogen (secondary N) is 1. The third-order valence-electron chi connectivity index (χ3n) is 3.54. The monoisotopic (exact) mass is 327 g/mol. The predicted octanol–water partition coefficient (Wildman–Crippen LogP) is 3.80. The molecule has 126 valence electrons. The van der Waals surface area contributed by atoms with Gasteiger partial charge in [-0.25, -0.2) is 0 Å². The Hall–Kier alpha value is -2.82. The van der Waals surface area contributed by atoms with E-state index in [2.05, 4.69) is 5.32 Å². The number of aryl methyl sites for hydroxylation is 2. The number of rotatable bonds is 7. The lowest BCUT2D eigenvalue weighted by Crippen LogP contribution is -2.13. The zero-order chi connectivity index (χ0) is 17.5. The van der Waals surface area contributed by atoms with Crippen LogP contribution in [0, 0.1) is 13.8 Å². The number of aliphatic carboxylic acids is 1. The van der Waals surface area contributed by atoms with Crippen molar-refractivity contribution in [3.63, 3.8) is 0 Å². The zero-order valence-electron chi connectivity index (χ0n) is 13.8. The van der Waals surface area contributed by atoms with E-state index < -0.39 is 5.97 Å². The van der Waals surface area contributed by atoms with Crippen LogP contribution in [0.2, 0.25) is 0 Å². The van der Waals surface area contributed by atoms with Crippen molar-refractivity contribution in [2.45, 2.75) is 26.7 Å². The maximum Gasteiger partial charge on any atom is 0.303 e. The van der Waals surface area contributed by atoms with Crippen LogP contribution in [0.15, 0.2) is 42.5 Å². The standard InChI is InChI=1S/C19H21NO4/c1-13-5-10-17(14(2)12-13)19(23)20-15-6-8-16(9-7-15)24-11-3-4-18(21)22/h5-10,12H,3-4,11H2,1-2H3,(H,20,23)(H,21,22). The highest BCUT2D eigenvalue weighted by molar-refractivity contribution is 6.05. The number of benzene rings is 2. The highest BCUT2D eigenvalue weighted by atomic mass is 16.5. The molecule has 0 unspecified atom stereocenters. The third-order valence-corrected chi connectivity index (χ3v) is 3.54. The van der Waals surface area contributed by atoms with Crippen LogP contribution >= 0.6 is 0 Å². The van der Waals surface area contributed by atoms with Crippen molar-refractivity contribution in [2.75, 3.05) is 11.9 Å². The summed E-state index contributed by atoms with van der Waals surface area (Å²) in [5.41, 5.74) is 3.38. The summed E-state index contributed by atoms with van der Waals surface area (Å²) >= 11 is 0. The molecule has 0 saturated heterocycles. The van der Waals surface area contributed by atoms with E-state index in [1.807, 2.05) is 32.0 Å². The molecule has 2 aromatic carbocycles. The van der Waals surface area contributed by atoms with Crippen molar-refractivity contribution in [1.29, 1.82) is 0 Å². The van der Waals surface area contributed by atoms with Crippen LogP contribution in [0.4, 0.5) is 5.69 Å². The molecule has 0 heterocycles. The molecule has 0 saturated carbocycles. The smallest absolute Gasteiger partial charge is 0.303 e. The first-order valence-corrected chi connectivity index (χ1v) is 7.79.